The average Bonchev–Trinajstić information content (AvgIpc) is 3.60. The summed E-state index contributed by atoms with van der Waals surface area (Å²) >= 11 is 0. The van der Waals surface area contributed by atoms with Gasteiger partial charge >= 0.3 is 0 Å². The third-order valence-electron chi connectivity index (χ3n) is 8.02. The van der Waals surface area contributed by atoms with Gasteiger partial charge in [-0.3, -0.25) is 24.5 Å². The number of carbonyl (C=O) groups excluding carboxylic acids is 2. The molecule has 2 amide bonds. The summed E-state index contributed by atoms with van der Waals surface area (Å²) < 4.78 is 0. The Kier molecular flexibility index (Phi) is 5.97. The predicted molar refractivity (Wildman–Crippen MR) is 144 cm³/mol. The van der Waals surface area contributed by atoms with Crippen LogP contribution in [0.25, 0.3) is 0 Å². The number of nitrogens with two attached hydrogens (primary N) is 1. The van der Waals surface area contributed by atoms with E-state index in [4.69, 9.17) is 10.7 Å². The van der Waals surface area contributed by atoms with Crippen LogP contribution in [0.1, 0.15) is 65.1 Å². The molecule has 0 spiro atoms. The van der Waals surface area contributed by atoms with Gasteiger partial charge in [0.25, 0.3) is 11.8 Å². The number of benzene rings is 2. The van der Waals surface area contributed by atoms with E-state index in [1.54, 1.807) is 22.2 Å². The summed E-state index contributed by atoms with van der Waals surface area (Å²) in [4.78, 5) is 44.4. The maximum Gasteiger partial charge on any atom is 0.262 e. The summed E-state index contributed by atoms with van der Waals surface area (Å²) in [5, 5.41) is 0. The predicted octanol–water partition coefficient (Wildman–Crippen LogP) is 3.59. The fourth-order valence-electron chi connectivity index (χ4n) is 5.97. The zero-order chi connectivity index (χ0) is 26.4. The van der Waals surface area contributed by atoms with Crippen molar-refractivity contribution >= 4 is 17.8 Å². The van der Waals surface area contributed by atoms with E-state index in [1.165, 1.54) is 0 Å². The van der Waals surface area contributed by atoms with Crippen LogP contribution in [0, 0.1) is 5.92 Å². The molecular formula is C30H32N6O2. The Morgan fingerprint density at radius 2 is 1.71 bits per heavy atom. The Morgan fingerprint density at radius 1 is 1.03 bits per heavy atom. The lowest BCUT2D eigenvalue weighted by atomic mass is 9.83. The van der Waals surface area contributed by atoms with Crippen LogP contribution in [0.2, 0.25) is 0 Å². The number of aliphatic imine (C=N–C) groups is 1. The molecule has 0 fully saturated rings. The van der Waals surface area contributed by atoms with Crippen molar-refractivity contribution in [2.75, 3.05) is 0 Å². The molecular weight excluding hydrogens is 476 g/mol. The first kappa shape index (κ1) is 24.3. The van der Waals surface area contributed by atoms with E-state index in [0.29, 0.717) is 43.8 Å². The molecule has 2 aliphatic heterocycles. The third kappa shape index (κ3) is 4.04. The van der Waals surface area contributed by atoms with Crippen LogP contribution in [0.5, 0.6) is 0 Å². The quantitative estimate of drug-likeness (QED) is 0.548. The first-order valence-electron chi connectivity index (χ1n) is 13.3. The number of guanidine groups is 1. The smallest absolute Gasteiger partial charge is 0.262 e. The normalized spacial score (nSPS) is 22.1. The highest BCUT2D eigenvalue weighted by Crippen LogP contribution is 2.41. The number of carbonyl (C=O) groups is 2. The Balaban J connectivity index is 1.22. The standard InChI is InChI=1S/C30H32N6O2/c1-19(2)10-11-30(23-6-4-3-5-7-23)28(38)36(29(31)34-30)24-15-20-8-9-21(14-22(20)16-24)27(37)35-17-25-26(18-35)33-13-12-32-25/h3-9,12-14,19,24H,10-11,15-18H2,1-2H3,(H2,31,34). The van der Waals surface area contributed by atoms with E-state index in [0.717, 1.165) is 34.5 Å². The lowest BCUT2D eigenvalue weighted by Crippen LogP contribution is -2.49. The van der Waals surface area contributed by atoms with E-state index >= 15 is 0 Å². The highest BCUT2D eigenvalue weighted by Gasteiger charge is 2.51. The minimum atomic E-state index is -0.988. The molecule has 3 aliphatic rings. The molecule has 38 heavy (non-hydrogen) atoms. The third-order valence-corrected chi connectivity index (χ3v) is 8.02. The second-order valence-electron chi connectivity index (χ2n) is 11.0. The highest BCUT2D eigenvalue weighted by atomic mass is 16.2. The lowest BCUT2D eigenvalue weighted by molar-refractivity contribution is -0.133. The lowest BCUT2D eigenvalue weighted by Gasteiger charge is -2.30. The molecule has 0 saturated carbocycles. The number of nitrogens with zero attached hydrogens (tertiary/aromatic N) is 5. The molecule has 0 bridgehead atoms. The minimum absolute atomic E-state index is 0.0360. The molecule has 0 saturated heterocycles. The van der Waals surface area contributed by atoms with Gasteiger partial charge in [-0.15, -0.1) is 0 Å². The summed E-state index contributed by atoms with van der Waals surface area (Å²) in [5.74, 6) is 0.638. The largest absolute Gasteiger partial charge is 0.369 e. The van der Waals surface area contributed by atoms with Crippen LogP contribution in [0.15, 0.2) is 65.9 Å². The summed E-state index contributed by atoms with van der Waals surface area (Å²) in [6.45, 7) is 5.25. The molecule has 3 heterocycles. The topological polar surface area (TPSA) is 105 Å². The second-order valence-corrected chi connectivity index (χ2v) is 11.0. The molecule has 2 N–H and O–H groups in total. The molecule has 1 aromatic heterocycles. The molecule has 8 nitrogen and oxygen atoms in total. The van der Waals surface area contributed by atoms with Crippen LogP contribution < -0.4 is 5.73 Å². The van der Waals surface area contributed by atoms with Gasteiger partial charge < -0.3 is 10.6 Å². The van der Waals surface area contributed by atoms with Gasteiger partial charge in [0.2, 0.25) is 0 Å². The number of amides is 2. The fourth-order valence-corrected chi connectivity index (χ4v) is 5.97. The van der Waals surface area contributed by atoms with Crippen molar-refractivity contribution < 1.29 is 9.59 Å². The summed E-state index contributed by atoms with van der Waals surface area (Å²) in [7, 11) is 0. The number of hydrogen-bond acceptors (Lipinski definition) is 6. The minimum Gasteiger partial charge on any atom is -0.369 e. The van der Waals surface area contributed by atoms with Gasteiger partial charge in [0.1, 0.15) is 0 Å². The Labute approximate surface area is 222 Å². The van der Waals surface area contributed by atoms with Crippen LogP contribution in [-0.2, 0) is 36.3 Å². The van der Waals surface area contributed by atoms with Crippen molar-refractivity contribution in [2.45, 2.75) is 64.2 Å². The molecule has 0 radical (unpaired) electrons. The van der Waals surface area contributed by atoms with Crippen LogP contribution in [0.4, 0.5) is 0 Å². The zero-order valence-electron chi connectivity index (χ0n) is 21.8. The van der Waals surface area contributed by atoms with Gasteiger partial charge in [0.05, 0.1) is 24.5 Å². The van der Waals surface area contributed by atoms with Crippen LogP contribution in [-0.4, -0.2) is 43.6 Å². The van der Waals surface area contributed by atoms with Gasteiger partial charge in [0.15, 0.2) is 11.5 Å². The van der Waals surface area contributed by atoms with E-state index in [9.17, 15) is 9.59 Å². The van der Waals surface area contributed by atoms with Crippen molar-refractivity contribution in [3.8, 4) is 0 Å². The van der Waals surface area contributed by atoms with Gasteiger partial charge in [0, 0.05) is 24.0 Å². The van der Waals surface area contributed by atoms with Crippen molar-refractivity contribution in [3.05, 3.63) is 94.6 Å². The average molecular weight is 509 g/mol. The summed E-state index contributed by atoms with van der Waals surface area (Å²) in [5.41, 5.74) is 10.9. The molecule has 1 aliphatic carbocycles. The van der Waals surface area contributed by atoms with E-state index in [2.05, 4.69) is 23.8 Å². The monoisotopic (exact) mass is 508 g/mol. The number of aromatic nitrogens is 2. The fraction of sp³-hybridized carbons (Fsp3) is 0.367. The Hall–Kier alpha value is -4.07. The van der Waals surface area contributed by atoms with Gasteiger partial charge in [-0.25, -0.2) is 4.99 Å². The highest BCUT2D eigenvalue weighted by molar-refractivity contribution is 6.07. The SMILES string of the molecule is CC(C)CCC1(c2ccccc2)N=C(N)N(C2Cc3ccc(C(=O)N4Cc5nccnc5C4)cc3C2)C1=O. The number of fused-ring (bicyclic) bond motifs is 2. The number of rotatable bonds is 6. The van der Waals surface area contributed by atoms with Gasteiger partial charge in [-0.1, -0.05) is 50.2 Å². The maximum atomic E-state index is 14.1. The number of hydrogen-bond donors (Lipinski definition) is 1. The van der Waals surface area contributed by atoms with Crippen molar-refractivity contribution in [1.29, 1.82) is 0 Å². The summed E-state index contributed by atoms with van der Waals surface area (Å²) in [6, 6.07) is 15.5. The molecule has 6 rings (SSSR count). The molecule has 194 valence electrons. The van der Waals surface area contributed by atoms with Crippen molar-refractivity contribution in [2.24, 2.45) is 16.6 Å². The molecule has 8 heteroatoms. The molecule has 3 aromatic rings. The molecule has 2 unspecified atom stereocenters. The van der Waals surface area contributed by atoms with Gasteiger partial charge in [-0.05, 0) is 60.4 Å². The molecule has 2 atom stereocenters. The maximum absolute atomic E-state index is 14.1. The van der Waals surface area contributed by atoms with Crippen LogP contribution in [0.3, 0.4) is 0 Å². The molecule has 2 aromatic carbocycles. The van der Waals surface area contributed by atoms with Crippen molar-refractivity contribution in [1.82, 2.24) is 19.8 Å². The van der Waals surface area contributed by atoms with E-state index < -0.39 is 5.54 Å². The van der Waals surface area contributed by atoms with E-state index in [-0.39, 0.29) is 23.8 Å². The first-order chi connectivity index (χ1) is 18.4. The van der Waals surface area contributed by atoms with E-state index in [1.807, 2.05) is 48.5 Å². The Morgan fingerprint density at radius 3 is 2.39 bits per heavy atom. The van der Waals surface area contributed by atoms with Crippen molar-refractivity contribution in [3.63, 3.8) is 0 Å². The van der Waals surface area contributed by atoms with Crippen LogP contribution >= 0.6 is 0 Å². The Bertz CT molecular complexity index is 1410. The second kappa shape index (κ2) is 9.35. The van der Waals surface area contributed by atoms with Gasteiger partial charge in [-0.2, -0.15) is 0 Å². The summed E-state index contributed by atoms with van der Waals surface area (Å²) in [6.07, 6.45) is 6.12. The zero-order valence-corrected chi connectivity index (χ0v) is 21.8. The first-order valence-corrected chi connectivity index (χ1v) is 13.3.